The molecule has 6 heteroatoms. The van der Waals surface area contributed by atoms with Crippen LogP contribution in [-0.4, -0.2) is 36.2 Å². The highest BCUT2D eigenvalue weighted by molar-refractivity contribution is 5.88. The molecule has 1 aromatic carbocycles. The first-order valence-electron chi connectivity index (χ1n) is 6.52. The Morgan fingerprint density at radius 2 is 2.05 bits per heavy atom. The summed E-state index contributed by atoms with van der Waals surface area (Å²) in [5.41, 5.74) is 0.114. The molecule has 2 rings (SSSR count). The summed E-state index contributed by atoms with van der Waals surface area (Å²) in [4.78, 5) is 22.4. The van der Waals surface area contributed by atoms with Crippen molar-refractivity contribution in [3.05, 3.63) is 23.8 Å². The molecule has 0 aromatic heterocycles. The molecule has 6 nitrogen and oxygen atoms in total. The van der Waals surface area contributed by atoms with E-state index in [1.54, 1.807) is 6.92 Å². The molecule has 1 amide bonds. The fraction of sp³-hybridized carbons (Fsp3) is 0.429. The minimum atomic E-state index is -1.04. The maximum absolute atomic E-state index is 11.5. The molecule has 1 saturated carbocycles. The van der Waals surface area contributed by atoms with Crippen LogP contribution in [0.5, 0.6) is 11.5 Å². The molecule has 108 valence electrons. The number of rotatable bonds is 7. The first-order valence-corrected chi connectivity index (χ1v) is 6.52. The maximum atomic E-state index is 11.5. The van der Waals surface area contributed by atoms with Crippen LogP contribution in [0.3, 0.4) is 0 Å². The lowest BCUT2D eigenvalue weighted by atomic mass is 10.2. The fourth-order valence-electron chi connectivity index (χ4n) is 1.67. The number of aromatic carboxylic acids is 1. The zero-order chi connectivity index (χ0) is 14.5. The zero-order valence-corrected chi connectivity index (χ0v) is 11.2. The summed E-state index contributed by atoms with van der Waals surface area (Å²) in [6.45, 7) is 2.06. The largest absolute Gasteiger partial charge is 0.490 e. The number of nitrogens with one attached hydrogen (secondary N) is 1. The van der Waals surface area contributed by atoms with E-state index in [2.05, 4.69) is 5.32 Å². The van der Waals surface area contributed by atoms with Crippen LogP contribution in [0.4, 0.5) is 0 Å². The van der Waals surface area contributed by atoms with Crippen LogP contribution in [0.15, 0.2) is 18.2 Å². The molecule has 20 heavy (non-hydrogen) atoms. The van der Waals surface area contributed by atoms with Crippen molar-refractivity contribution in [2.45, 2.75) is 25.8 Å². The molecular weight excluding hydrogens is 262 g/mol. The van der Waals surface area contributed by atoms with Crippen molar-refractivity contribution in [2.24, 2.45) is 0 Å². The number of hydrogen-bond acceptors (Lipinski definition) is 4. The Bertz CT molecular complexity index is 510. The second kappa shape index (κ2) is 6.27. The molecular formula is C14H17NO5. The minimum Gasteiger partial charge on any atom is -0.490 e. The van der Waals surface area contributed by atoms with Crippen LogP contribution in [0.25, 0.3) is 0 Å². The van der Waals surface area contributed by atoms with Crippen LogP contribution >= 0.6 is 0 Å². The lowest BCUT2D eigenvalue weighted by Crippen LogP contribution is -2.30. The predicted molar refractivity (Wildman–Crippen MR) is 71.2 cm³/mol. The summed E-state index contributed by atoms with van der Waals surface area (Å²) >= 11 is 0. The third-order valence-electron chi connectivity index (χ3n) is 2.79. The molecule has 0 heterocycles. The van der Waals surface area contributed by atoms with E-state index in [0.29, 0.717) is 18.1 Å². The Morgan fingerprint density at radius 1 is 1.30 bits per heavy atom. The normalized spacial score (nSPS) is 13.7. The Balaban J connectivity index is 2.01. The summed E-state index contributed by atoms with van der Waals surface area (Å²) in [5.74, 6) is -0.532. The topological polar surface area (TPSA) is 84.9 Å². The van der Waals surface area contributed by atoms with Gasteiger partial charge in [-0.3, -0.25) is 4.79 Å². The SMILES string of the molecule is CCOc1cc(C(=O)O)ccc1OCC(=O)NC1CC1. The van der Waals surface area contributed by atoms with Gasteiger partial charge in [-0.15, -0.1) is 0 Å². The molecule has 1 aromatic rings. The second-order valence-corrected chi connectivity index (χ2v) is 4.53. The molecule has 1 fully saturated rings. The van der Waals surface area contributed by atoms with E-state index in [1.807, 2.05) is 0 Å². The van der Waals surface area contributed by atoms with E-state index >= 15 is 0 Å². The quantitative estimate of drug-likeness (QED) is 0.789. The minimum absolute atomic E-state index is 0.108. The second-order valence-electron chi connectivity index (χ2n) is 4.53. The fourth-order valence-corrected chi connectivity index (χ4v) is 1.67. The van der Waals surface area contributed by atoms with Gasteiger partial charge in [-0.25, -0.2) is 4.79 Å². The van der Waals surface area contributed by atoms with Gasteiger partial charge in [0.15, 0.2) is 18.1 Å². The first-order chi connectivity index (χ1) is 9.60. The van der Waals surface area contributed by atoms with Gasteiger partial charge < -0.3 is 19.9 Å². The molecule has 2 N–H and O–H groups in total. The van der Waals surface area contributed by atoms with Crippen molar-refractivity contribution < 1.29 is 24.2 Å². The van der Waals surface area contributed by atoms with Gasteiger partial charge in [-0.1, -0.05) is 0 Å². The summed E-state index contributed by atoms with van der Waals surface area (Å²) in [5, 5.41) is 11.7. The number of ether oxygens (including phenoxy) is 2. The van der Waals surface area contributed by atoms with Crippen LogP contribution < -0.4 is 14.8 Å². The van der Waals surface area contributed by atoms with Gasteiger partial charge in [0.05, 0.1) is 12.2 Å². The van der Waals surface area contributed by atoms with E-state index in [4.69, 9.17) is 14.6 Å². The zero-order valence-electron chi connectivity index (χ0n) is 11.2. The number of carbonyl (C=O) groups is 2. The van der Waals surface area contributed by atoms with Gasteiger partial charge >= 0.3 is 5.97 Å². The number of carbonyl (C=O) groups excluding carboxylic acids is 1. The van der Waals surface area contributed by atoms with Crippen molar-refractivity contribution in [3.8, 4) is 11.5 Å². The van der Waals surface area contributed by atoms with Crippen molar-refractivity contribution in [1.29, 1.82) is 0 Å². The molecule has 0 aliphatic heterocycles. The van der Waals surface area contributed by atoms with Gasteiger partial charge in [-0.05, 0) is 38.0 Å². The molecule has 0 spiro atoms. The van der Waals surface area contributed by atoms with Crippen molar-refractivity contribution in [2.75, 3.05) is 13.2 Å². The van der Waals surface area contributed by atoms with Crippen LogP contribution in [-0.2, 0) is 4.79 Å². The third kappa shape index (κ3) is 3.88. The van der Waals surface area contributed by atoms with Gasteiger partial charge in [0, 0.05) is 6.04 Å². The highest BCUT2D eigenvalue weighted by Gasteiger charge is 2.23. The third-order valence-corrected chi connectivity index (χ3v) is 2.79. The molecule has 0 atom stereocenters. The number of carboxylic acid groups (broad SMARTS) is 1. The van der Waals surface area contributed by atoms with Gasteiger partial charge in [0.2, 0.25) is 0 Å². The predicted octanol–water partition coefficient (Wildman–Crippen LogP) is 1.44. The molecule has 0 bridgehead atoms. The molecule has 1 aliphatic carbocycles. The van der Waals surface area contributed by atoms with E-state index in [-0.39, 0.29) is 24.1 Å². The monoisotopic (exact) mass is 279 g/mol. The smallest absolute Gasteiger partial charge is 0.335 e. The number of hydrogen-bond donors (Lipinski definition) is 2. The molecule has 1 aliphatic rings. The van der Waals surface area contributed by atoms with Crippen molar-refractivity contribution in [1.82, 2.24) is 5.32 Å². The number of benzene rings is 1. The lowest BCUT2D eigenvalue weighted by Gasteiger charge is -2.12. The van der Waals surface area contributed by atoms with Crippen LogP contribution in [0.2, 0.25) is 0 Å². The van der Waals surface area contributed by atoms with E-state index < -0.39 is 5.97 Å². The standard InChI is InChI=1S/C14H17NO5/c1-2-19-12-7-9(14(17)18)3-6-11(12)20-8-13(16)15-10-4-5-10/h3,6-7,10H,2,4-5,8H2,1H3,(H,15,16)(H,17,18). The maximum Gasteiger partial charge on any atom is 0.335 e. The van der Waals surface area contributed by atoms with Crippen molar-refractivity contribution >= 4 is 11.9 Å². The average molecular weight is 279 g/mol. The summed E-state index contributed by atoms with van der Waals surface area (Å²) in [6.07, 6.45) is 2.03. The van der Waals surface area contributed by atoms with Crippen LogP contribution in [0, 0.1) is 0 Å². The first kappa shape index (κ1) is 14.2. The van der Waals surface area contributed by atoms with Gasteiger partial charge in [0.25, 0.3) is 5.91 Å². The van der Waals surface area contributed by atoms with Crippen molar-refractivity contribution in [3.63, 3.8) is 0 Å². The van der Waals surface area contributed by atoms with E-state index in [9.17, 15) is 9.59 Å². The number of amides is 1. The number of carboxylic acids is 1. The Labute approximate surface area is 116 Å². The van der Waals surface area contributed by atoms with E-state index in [0.717, 1.165) is 12.8 Å². The summed E-state index contributed by atoms with van der Waals surface area (Å²) in [6, 6.07) is 4.59. The van der Waals surface area contributed by atoms with Crippen LogP contribution in [0.1, 0.15) is 30.1 Å². The molecule has 0 radical (unpaired) electrons. The van der Waals surface area contributed by atoms with Gasteiger partial charge in [-0.2, -0.15) is 0 Å². The summed E-state index contributed by atoms with van der Waals surface area (Å²) in [7, 11) is 0. The lowest BCUT2D eigenvalue weighted by molar-refractivity contribution is -0.123. The molecule has 0 unspecified atom stereocenters. The average Bonchev–Trinajstić information content (AvgIpc) is 3.21. The Hall–Kier alpha value is -2.24. The summed E-state index contributed by atoms with van der Waals surface area (Å²) < 4.78 is 10.7. The Kier molecular flexibility index (Phi) is 4.45. The highest BCUT2D eigenvalue weighted by atomic mass is 16.5. The molecule has 0 saturated heterocycles. The van der Waals surface area contributed by atoms with Gasteiger partial charge in [0.1, 0.15) is 0 Å². The van der Waals surface area contributed by atoms with E-state index in [1.165, 1.54) is 18.2 Å². The highest BCUT2D eigenvalue weighted by Crippen LogP contribution is 2.28. The Morgan fingerprint density at radius 3 is 2.65 bits per heavy atom.